The summed E-state index contributed by atoms with van der Waals surface area (Å²) in [5.41, 5.74) is 1.27. The molecule has 1 atom stereocenters. The van der Waals surface area contributed by atoms with Gasteiger partial charge in [0.15, 0.2) is 11.5 Å². The van der Waals surface area contributed by atoms with Gasteiger partial charge in [-0.1, -0.05) is 52.3 Å². The van der Waals surface area contributed by atoms with Crippen molar-refractivity contribution in [3.63, 3.8) is 0 Å². The first-order valence-electron chi connectivity index (χ1n) is 6.46. The van der Waals surface area contributed by atoms with Crippen molar-refractivity contribution in [2.45, 2.75) is 4.83 Å². The van der Waals surface area contributed by atoms with Crippen LogP contribution in [0.3, 0.4) is 0 Å². The number of para-hydroxylation sites is 1. The Balaban J connectivity index is 2.02. The minimum Gasteiger partial charge on any atom is -0.504 e. The lowest BCUT2D eigenvalue weighted by Crippen LogP contribution is -2.26. The molecular weight excluding hydrogens is 334 g/mol. The minimum absolute atomic E-state index is 0.00963. The van der Waals surface area contributed by atoms with E-state index in [1.165, 1.54) is 7.11 Å². The van der Waals surface area contributed by atoms with Crippen molar-refractivity contribution in [3.8, 4) is 11.5 Å². The molecule has 0 aliphatic heterocycles. The molecule has 0 saturated heterocycles. The van der Waals surface area contributed by atoms with E-state index in [1.807, 2.05) is 30.3 Å². The number of halogens is 1. The average molecular weight is 350 g/mol. The zero-order valence-corrected chi connectivity index (χ0v) is 13.1. The Bertz CT molecular complexity index is 616. The van der Waals surface area contributed by atoms with Crippen LogP contribution >= 0.6 is 15.9 Å². The first kappa shape index (κ1) is 15.4. The van der Waals surface area contributed by atoms with E-state index in [9.17, 15) is 9.90 Å². The van der Waals surface area contributed by atoms with Gasteiger partial charge in [-0.25, -0.2) is 0 Å². The van der Waals surface area contributed by atoms with Crippen LogP contribution < -0.4 is 10.1 Å². The number of aromatic hydroxyl groups is 1. The summed E-state index contributed by atoms with van der Waals surface area (Å²) in [6.45, 7) is 0.416. The number of alkyl halides is 1. The number of phenols is 1. The Labute approximate surface area is 131 Å². The predicted molar refractivity (Wildman–Crippen MR) is 85.1 cm³/mol. The van der Waals surface area contributed by atoms with Crippen molar-refractivity contribution in [2.24, 2.45) is 0 Å². The second-order valence-corrected chi connectivity index (χ2v) is 5.55. The Morgan fingerprint density at radius 3 is 2.62 bits per heavy atom. The number of hydrogen-bond acceptors (Lipinski definition) is 3. The van der Waals surface area contributed by atoms with Gasteiger partial charge >= 0.3 is 0 Å². The summed E-state index contributed by atoms with van der Waals surface area (Å²) in [6.07, 6.45) is 0. The Hall–Kier alpha value is -2.01. The molecule has 0 aliphatic carbocycles. The van der Waals surface area contributed by atoms with Gasteiger partial charge in [0.1, 0.15) is 0 Å². The van der Waals surface area contributed by atoms with Crippen molar-refractivity contribution in [1.82, 2.24) is 5.32 Å². The van der Waals surface area contributed by atoms with Crippen LogP contribution in [0.1, 0.15) is 20.7 Å². The Morgan fingerprint density at radius 2 is 1.95 bits per heavy atom. The average Bonchev–Trinajstić information content (AvgIpc) is 2.53. The van der Waals surface area contributed by atoms with Crippen molar-refractivity contribution in [1.29, 1.82) is 0 Å². The van der Waals surface area contributed by atoms with Crippen molar-refractivity contribution < 1.29 is 14.6 Å². The van der Waals surface area contributed by atoms with Gasteiger partial charge in [-0.3, -0.25) is 4.79 Å². The molecule has 0 saturated carbocycles. The highest BCUT2D eigenvalue weighted by Crippen LogP contribution is 2.29. The highest BCUT2D eigenvalue weighted by atomic mass is 79.9. The molecular formula is C16H16BrNO3. The first-order chi connectivity index (χ1) is 10.1. The number of phenolic OH excluding ortho intramolecular Hbond substituents is 1. The van der Waals surface area contributed by atoms with Gasteiger partial charge in [-0.2, -0.15) is 0 Å². The van der Waals surface area contributed by atoms with E-state index in [-0.39, 0.29) is 27.8 Å². The Kier molecular flexibility index (Phi) is 5.22. The molecule has 0 bridgehead atoms. The van der Waals surface area contributed by atoms with Gasteiger partial charge in [-0.15, -0.1) is 0 Å². The number of amides is 1. The number of nitrogens with one attached hydrogen (secondary N) is 1. The van der Waals surface area contributed by atoms with Gasteiger partial charge in [0.2, 0.25) is 0 Å². The lowest BCUT2D eigenvalue weighted by Gasteiger charge is -2.13. The maximum absolute atomic E-state index is 12.1. The van der Waals surface area contributed by atoms with Crippen LogP contribution in [0.15, 0.2) is 48.5 Å². The minimum atomic E-state index is -0.341. The molecule has 21 heavy (non-hydrogen) atoms. The standard InChI is InChI=1S/C16H16BrNO3/c1-21-14-9-5-8-12(15(14)19)16(20)18-10-13(17)11-6-3-2-4-7-11/h2-9,13,19H,10H2,1H3,(H,18,20). The van der Waals surface area contributed by atoms with E-state index in [0.717, 1.165) is 5.56 Å². The monoisotopic (exact) mass is 349 g/mol. The SMILES string of the molecule is COc1cccc(C(=O)NCC(Br)c2ccccc2)c1O. The van der Waals surface area contributed by atoms with E-state index in [4.69, 9.17) is 4.74 Å². The number of hydrogen-bond donors (Lipinski definition) is 2. The van der Waals surface area contributed by atoms with E-state index in [0.29, 0.717) is 6.54 Å². The van der Waals surface area contributed by atoms with E-state index in [1.54, 1.807) is 18.2 Å². The van der Waals surface area contributed by atoms with Gasteiger partial charge < -0.3 is 15.2 Å². The zero-order chi connectivity index (χ0) is 15.2. The van der Waals surface area contributed by atoms with Crippen LogP contribution in [0.4, 0.5) is 0 Å². The van der Waals surface area contributed by atoms with Crippen molar-refractivity contribution >= 4 is 21.8 Å². The molecule has 0 radical (unpaired) electrons. The fraction of sp³-hybridized carbons (Fsp3) is 0.188. The molecule has 0 aliphatic rings. The molecule has 2 N–H and O–H groups in total. The van der Waals surface area contributed by atoms with Crippen LogP contribution in [-0.4, -0.2) is 24.7 Å². The fourth-order valence-electron chi connectivity index (χ4n) is 1.93. The summed E-state index contributed by atoms with van der Waals surface area (Å²) in [5.74, 6) is -0.212. The van der Waals surface area contributed by atoms with Crippen molar-refractivity contribution in [2.75, 3.05) is 13.7 Å². The van der Waals surface area contributed by atoms with Crippen LogP contribution in [0, 0.1) is 0 Å². The van der Waals surface area contributed by atoms with Crippen LogP contribution in [0.5, 0.6) is 11.5 Å². The van der Waals surface area contributed by atoms with Gasteiger partial charge in [0, 0.05) is 6.54 Å². The lowest BCUT2D eigenvalue weighted by molar-refractivity contribution is 0.0950. The molecule has 4 nitrogen and oxygen atoms in total. The molecule has 2 aromatic carbocycles. The molecule has 2 aromatic rings. The second-order valence-electron chi connectivity index (χ2n) is 4.44. The largest absolute Gasteiger partial charge is 0.504 e. The summed E-state index contributed by atoms with van der Waals surface area (Å²) < 4.78 is 4.99. The van der Waals surface area contributed by atoms with Gasteiger partial charge in [0.05, 0.1) is 17.5 Å². The van der Waals surface area contributed by atoms with Crippen molar-refractivity contribution in [3.05, 3.63) is 59.7 Å². The van der Waals surface area contributed by atoms with Crippen LogP contribution in [0.25, 0.3) is 0 Å². The summed E-state index contributed by atoms with van der Waals surface area (Å²) in [6, 6.07) is 14.6. The molecule has 110 valence electrons. The maximum atomic E-state index is 12.1. The number of methoxy groups -OCH3 is 1. The molecule has 0 aromatic heterocycles. The van der Waals surface area contributed by atoms with Crippen LogP contribution in [0.2, 0.25) is 0 Å². The van der Waals surface area contributed by atoms with Gasteiger partial charge in [0.25, 0.3) is 5.91 Å². The fourth-order valence-corrected chi connectivity index (χ4v) is 2.39. The predicted octanol–water partition coefficient (Wildman–Crippen LogP) is 3.27. The van der Waals surface area contributed by atoms with Gasteiger partial charge in [-0.05, 0) is 17.7 Å². The number of benzene rings is 2. The summed E-state index contributed by atoms with van der Waals surface area (Å²) in [5, 5.41) is 12.7. The third-order valence-corrected chi connectivity index (χ3v) is 3.92. The number of rotatable bonds is 5. The third-order valence-electron chi connectivity index (χ3n) is 3.07. The molecule has 2 rings (SSSR count). The first-order valence-corrected chi connectivity index (χ1v) is 7.38. The smallest absolute Gasteiger partial charge is 0.255 e. The van der Waals surface area contributed by atoms with E-state index >= 15 is 0 Å². The summed E-state index contributed by atoms with van der Waals surface area (Å²) in [4.78, 5) is 12.1. The van der Waals surface area contributed by atoms with Crippen LogP contribution in [-0.2, 0) is 0 Å². The molecule has 0 spiro atoms. The zero-order valence-electron chi connectivity index (χ0n) is 11.5. The second kappa shape index (κ2) is 7.13. The molecule has 1 amide bonds. The summed E-state index contributed by atoms with van der Waals surface area (Å²) >= 11 is 3.53. The highest BCUT2D eigenvalue weighted by molar-refractivity contribution is 9.09. The molecule has 1 unspecified atom stereocenters. The molecule has 0 fully saturated rings. The maximum Gasteiger partial charge on any atom is 0.255 e. The third kappa shape index (κ3) is 3.76. The topological polar surface area (TPSA) is 58.6 Å². The number of ether oxygens (including phenoxy) is 1. The number of carbonyl (C=O) groups excluding carboxylic acids is 1. The van der Waals surface area contributed by atoms with E-state index < -0.39 is 0 Å². The lowest BCUT2D eigenvalue weighted by atomic mass is 10.1. The van der Waals surface area contributed by atoms with E-state index in [2.05, 4.69) is 21.2 Å². The quantitative estimate of drug-likeness (QED) is 0.814. The molecule has 5 heteroatoms. The summed E-state index contributed by atoms with van der Waals surface area (Å²) in [7, 11) is 1.45. The highest BCUT2D eigenvalue weighted by Gasteiger charge is 2.16. The normalized spacial score (nSPS) is 11.7. The molecule has 0 heterocycles. The Morgan fingerprint density at radius 1 is 1.24 bits per heavy atom. The number of carbonyl (C=O) groups is 1.